The van der Waals surface area contributed by atoms with E-state index in [0.29, 0.717) is 11.4 Å². The summed E-state index contributed by atoms with van der Waals surface area (Å²) >= 11 is 2.56. The Kier molecular flexibility index (Phi) is 6.11. The van der Waals surface area contributed by atoms with E-state index in [1.807, 2.05) is 18.2 Å². The van der Waals surface area contributed by atoms with Crippen LogP contribution in [0.15, 0.2) is 30.3 Å². The van der Waals surface area contributed by atoms with Crippen LogP contribution in [-0.2, 0) is 0 Å². The molecule has 2 aromatic heterocycles. The van der Waals surface area contributed by atoms with Crippen LogP contribution in [0.4, 0.5) is 10.1 Å². The molecule has 30 heavy (non-hydrogen) atoms. The summed E-state index contributed by atoms with van der Waals surface area (Å²) in [6.07, 6.45) is 0. The zero-order valence-corrected chi connectivity index (χ0v) is 18.0. The number of anilines is 1. The first-order valence-electron chi connectivity index (χ1n) is 9.48. The van der Waals surface area contributed by atoms with E-state index in [-0.39, 0.29) is 10.9 Å². The highest BCUT2D eigenvalue weighted by Gasteiger charge is 2.20. The molecule has 1 fully saturated rings. The molecule has 1 amide bonds. The van der Waals surface area contributed by atoms with Gasteiger partial charge in [0.25, 0.3) is 5.91 Å². The van der Waals surface area contributed by atoms with Crippen LogP contribution in [0.25, 0.3) is 10.2 Å². The first-order valence-corrected chi connectivity index (χ1v) is 11.1. The fraction of sp³-hybridized carbons (Fsp3) is 0.368. The van der Waals surface area contributed by atoms with Gasteiger partial charge in [0.1, 0.15) is 5.75 Å². The number of piperazine rings is 1. The number of thiophene rings is 1. The molecule has 11 heteroatoms. The van der Waals surface area contributed by atoms with Crippen molar-refractivity contribution >= 4 is 48.9 Å². The van der Waals surface area contributed by atoms with Crippen LogP contribution >= 0.6 is 22.7 Å². The second kappa shape index (κ2) is 8.94. The van der Waals surface area contributed by atoms with Crippen LogP contribution in [0.3, 0.4) is 0 Å². The molecule has 1 aromatic carbocycles. The number of aromatic nitrogens is 1. The van der Waals surface area contributed by atoms with Gasteiger partial charge in [0.15, 0.2) is 5.13 Å². The van der Waals surface area contributed by atoms with Gasteiger partial charge in [-0.3, -0.25) is 19.8 Å². The fourth-order valence-electron chi connectivity index (χ4n) is 3.28. The van der Waals surface area contributed by atoms with E-state index in [9.17, 15) is 14.9 Å². The van der Waals surface area contributed by atoms with E-state index in [2.05, 4.69) is 15.1 Å². The number of thiazole rings is 1. The Morgan fingerprint density at radius 2 is 2.03 bits per heavy atom. The number of hydrogen-bond acceptors (Lipinski definition) is 9. The first kappa shape index (κ1) is 20.5. The maximum atomic E-state index is 12.1. The number of benzene rings is 1. The molecule has 4 rings (SSSR count). The summed E-state index contributed by atoms with van der Waals surface area (Å²) in [4.78, 5) is 32.1. The van der Waals surface area contributed by atoms with Crippen LogP contribution in [0.2, 0.25) is 0 Å². The second-order valence-electron chi connectivity index (χ2n) is 6.81. The number of hydrogen-bond donors (Lipinski definition) is 1. The topological polar surface area (TPSA) is 101 Å². The minimum absolute atomic E-state index is 0.0236. The zero-order chi connectivity index (χ0) is 21.1. The van der Waals surface area contributed by atoms with Crippen molar-refractivity contribution in [3.05, 3.63) is 45.3 Å². The van der Waals surface area contributed by atoms with Gasteiger partial charge in [-0.25, -0.2) is 4.98 Å². The largest absolute Gasteiger partial charge is 0.497 e. The molecule has 0 aliphatic carbocycles. The van der Waals surface area contributed by atoms with Crippen molar-refractivity contribution in [1.29, 1.82) is 0 Å². The predicted molar refractivity (Wildman–Crippen MR) is 118 cm³/mol. The van der Waals surface area contributed by atoms with Crippen molar-refractivity contribution in [3.63, 3.8) is 0 Å². The number of carbonyl (C=O) groups excluding carboxylic acids is 1. The van der Waals surface area contributed by atoms with E-state index in [0.717, 1.165) is 65.2 Å². The maximum Gasteiger partial charge on any atom is 0.324 e. The average Bonchev–Trinajstić information content (AvgIpc) is 3.41. The molecule has 158 valence electrons. The molecule has 0 bridgehead atoms. The van der Waals surface area contributed by atoms with Gasteiger partial charge in [-0.1, -0.05) is 22.7 Å². The number of amides is 1. The summed E-state index contributed by atoms with van der Waals surface area (Å²) in [7, 11) is 1.66. The summed E-state index contributed by atoms with van der Waals surface area (Å²) < 4.78 is 6.40. The lowest BCUT2D eigenvalue weighted by molar-refractivity contribution is -0.380. The van der Waals surface area contributed by atoms with Gasteiger partial charge in [0.05, 0.1) is 27.1 Å². The summed E-state index contributed by atoms with van der Waals surface area (Å²) in [5.74, 6) is 0.568. The number of ether oxygens (including phenoxy) is 1. The average molecular weight is 448 g/mol. The standard InChI is InChI=1S/C19H21N5O4S2/c1-28-13-2-3-14-16(12-13)30-19(21-14)23-10-8-22(9-11-23)7-6-20-18(25)15-4-5-17(29-15)24(26)27/h2-5,12H,6-11H2,1H3,(H,20,25). The number of nitro groups is 1. The fourth-order valence-corrected chi connectivity index (χ4v) is 5.06. The normalized spacial score (nSPS) is 14.8. The van der Waals surface area contributed by atoms with Gasteiger partial charge in [-0.05, 0) is 24.3 Å². The molecule has 0 spiro atoms. The molecule has 0 atom stereocenters. The van der Waals surface area contributed by atoms with Gasteiger partial charge >= 0.3 is 5.00 Å². The van der Waals surface area contributed by atoms with Crippen molar-refractivity contribution < 1.29 is 14.5 Å². The smallest absolute Gasteiger partial charge is 0.324 e. The summed E-state index contributed by atoms with van der Waals surface area (Å²) in [6.45, 7) is 4.78. The van der Waals surface area contributed by atoms with E-state index >= 15 is 0 Å². The van der Waals surface area contributed by atoms with Crippen LogP contribution in [0, 0.1) is 10.1 Å². The molecule has 1 N–H and O–H groups in total. The van der Waals surface area contributed by atoms with E-state index in [1.54, 1.807) is 18.4 Å². The third-order valence-corrected chi connectivity index (χ3v) is 7.05. The number of carbonyl (C=O) groups is 1. The molecule has 1 saturated heterocycles. The van der Waals surface area contributed by atoms with Crippen molar-refractivity contribution in [2.45, 2.75) is 0 Å². The molecule has 0 radical (unpaired) electrons. The van der Waals surface area contributed by atoms with Crippen molar-refractivity contribution in [1.82, 2.24) is 15.2 Å². The number of rotatable bonds is 7. The third-order valence-electron chi connectivity index (χ3n) is 4.94. The molecule has 1 aliphatic rings. The van der Waals surface area contributed by atoms with Crippen LogP contribution in [0.5, 0.6) is 5.75 Å². The number of fused-ring (bicyclic) bond motifs is 1. The Hall–Kier alpha value is -2.76. The third kappa shape index (κ3) is 4.53. The van der Waals surface area contributed by atoms with E-state index in [1.165, 1.54) is 12.1 Å². The lowest BCUT2D eigenvalue weighted by Crippen LogP contribution is -2.48. The van der Waals surface area contributed by atoms with Gasteiger partial charge in [0.2, 0.25) is 0 Å². The first-order chi connectivity index (χ1) is 14.5. The van der Waals surface area contributed by atoms with Crippen LogP contribution in [0.1, 0.15) is 9.67 Å². The SMILES string of the molecule is COc1ccc2nc(N3CCN(CCNC(=O)c4ccc([N+](=O)[O-])s4)CC3)sc2c1. The van der Waals surface area contributed by atoms with Crippen LogP contribution < -0.4 is 15.0 Å². The van der Waals surface area contributed by atoms with Crippen molar-refractivity contribution in [2.24, 2.45) is 0 Å². The zero-order valence-electron chi connectivity index (χ0n) is 16.4. The number of nitrogens with zero attached hydrogens (tertiary/aromatic N) is 4. The lowest BCUT2D eigenvalue weighted by Gasteiger charge is -2.34. The van der Waals surface area contributed by atoms with Gasteiger partial charge in [0, 0.05) is 45.3 Å². The van der Waals surface area contributed by atoms with Gasteiger partial charge in [-0.2, -0.15) is 0 Å². The molecule has 3 heterocycles. The molecular weight excluding hydrogens is 426 g/mol. The van der Waals surface area contributed by atoms with Crippen LogP contribution in [-0.4, -0.2) is 67.1 Å². The Balaban J connectivity index is 1.24. The highest BCUT2D eigenvalue weighted by atomic mass is 32.1. The lowest BCUT2D eigenvalue weighted by atomic mass is 10.3. The monoisotopic (exact) mass is 447 g/mol. The Labute approximate surface area is 181 Å². The molecule has 3 aromatic rings. The highest BCUT2D eigenvalue weighted by molar-refractivity contribution is 7.22. The molecule has 9 nitrogen and oxygen atoms in total. The number of methoxy groups -OCH3 is 1. The highest BCUT2D eigenvalue weighted by Crippen LogP contribution is 2.31. The second-order valence-corrected chi connectivity index (χ2v) is 8.88. The van der Waals surface area contributed by atoms with E-state index in [4.69, 9.17) is 9.72 Å². The van der Waals surface area contributed by atoms with Gasteiger partial charge < -0.3 is 15.0 Å². The molecular formula is C19H21N5O4S2. The van der Waals surface area contributed by atoms with Gasteiger partial charge in [-0.15, -0.1) is 0 Å². The number of nitrogens with one attached hydrogen (secondary N) is 1. The Bertz CT molecular complexity index is 1060. The molecule has 0 unspecified atom stereocenters. The predicted octanol–water partition coefficient (Wildman–Crippen LogP) is 2.83. The summed E-state index contributed by atoms with van der Waals surface area (Å²) in [6, 6.07) is 8.76. The van der Waals surface area contributed by atoms with Crippen molar-refractivity contribution in [2.75, 3.05) is 51.3 Å². The minimum Gasteiger partial charge on any atom is -0.497 e. The maximum absolute atomic E-state index is 12.1. The Morgan fingerprint density at radius 3 is 2.73 bits per heavy atom. The molecule has 1 aliphatic heterocycles. The van der Waals surface area contributed by atoms with E-state index < -0.39 is 4.92 Å². The minimum atomic E-state index is -0.483. The molecule has 0 saturated carbocycles. The quantitative estimate of drug-likeness (QED) is 0.439. The summed E-state index contributed by atoms with van der Waals surface area (Å²) in [5.41, 5.74) is 0.981. The Morgan fingerprint density at radius 1 is 1.23 bits per heavy atom. The van der Waals surface area contributed by atoms with Crippen molar-refractivity contribution in [3.8, 4) is 5.75 Å². The summed E-state index contributed by atoms with van der Waals surface area (Å²) in [5, 5.41) is 14.6.